The predicted molar refractivity (Wildman–Crippen MR) is 105 cm³/mol. The van der Waals surface area contributed by atoms with Crippen molar-refractivity contribution in [3.63, 3.8) is 0 Å². The molecule has 2 aromatic carbocycles. The van der Waals surface area contributed by atoms with E-state index in [1.807, 2.05) is 0 Å². The maximum atomic E-state index is 13.0. The number of carbonyl (C=O) groups is 3. The van der Waals surface area contributed by atoms with Crippen molar-refractivity contribution in [3.05, 3.63) is 65.6 Å². The lowest BCUT2D eigenvalue weighted by atomic mass is 10.1. The number of hydrogen-bond donors (Lipinski definition) is 3. The molecule has 1 aromatic heterocycles. The summed E-state index contributed by atoms with van der Waals surface area (Å²) in [5.74, 6) is -2.18. The van der Waals surface area contributed by atoms with E-state index in [-0.39, 0.29) is 17.3 Å². The summed E-state index contributed by atoms with van der Waals surface area (Å²) in [7, 11) is 0. The number of benzene rings is 2. The minimum absolute atomic E-state index is 0.207. The van der Waals surface area contributed by atoms with Gasteiger partial charge in [0.2, 0.25) is 5.91 Å². The van der Waals surface area contributed by atoms with Crippen molar-refractivity contribution in [2.75, 3.05) is 12.3 Å². The molecule has 0 radical (unpaired) electrons. The van der Waals surface area contributed by atoms with E-state index in [4.69, 9.17) is 5.73 Å². The Morgan fingerprint density at radius 2 is 1.97 bits per heavy atom. The molecular weight excluding hydrogens is 375 g/mol. The molecule has 1 unspecified atom stereocenters. The van der Waals surface area contributed by atoms with Crippen molar-refractivity contribution in [1.82, 2.24) is 15.2 Å². The minimum Gasteiger partial charge on any atom is -0.399 e. The molecule has 148 valence electrons. The Bertz CT molecular complexity index is 1110. The fraction of sp³-hybridized carbons (Fsp3) is 0.190. The highest BCUT2D eigenvalue weighted by Gasteiger charge is 2.34. The summed E-state index contributed by atoms with van der Waals surface area (Å²) in [6, 6.07) is 10.2. The summed E-state index contributed by atoms with van der Waals surface area (Å²) in [5.41, 5.74) is 7.94. The Kier molecular flexibility index (Phi) is 4.75. The van der Waals surface area contributed by atoms with E-state index >= 15 is 0 Å². The predicted octanol–water partition coefficient (Wildman–Crippen LogP) is 1.99. The number of ketones is 1. The van der Waals surface area contributed by atoms with Crippen LogP contribution in [0, 0.1) is 5.82 Å². The monoisotopic (exact) mass is 394 g/mol. The first-order valence-electron chi connectivity index (χ1n) is 9.17. The number of nitrogens with zero attached hydrogens (tertiary/aromatic N) is 1. The molecule has 4 rings (SSSR count). The molecule has 3 aromatic rings. The van der Waals surface area contributed by atoms with Crippen LogP contribution >= 0.6 is 0 Å². The number of amides is 2. The highest BCUT2D eigenvalue weighted by atomic mass is 19.1. The van der Waals surface area contributed by atoms with Gasteiger partial charge in [0, 0.05) is 35.9 Å². The van der Waals surface area contributed by atoms with Crippen LogP contribution in [-0.2, 0) is 16.1 Å². The van der Waals surface area contributed by atoms with Crippen LogP contribution in [0.25, 0.3) is 10.9 Å². The van der Waals surface area contributed by atoms with E-state index in [1.54, 1.807) is 35.2 Å². The van der Waals surface area contributed by atoms with Crippen LogP contribution in [0.2, 0.25) is 0 Å². The Hall–Kier alpha value is -3.68. The number of Topliss-reactive ketones (excluding diaryl/α,β-unsaturated/α-hetero) is 1. The molecule has 2 heterocycles. The van der Waals surface area contributed by atoms with Gasteiger partial charge in [0.05, 0.1) is 5.56 Å². The number of rotatable bonds is 5. The van der Waals surface area contributed by atoms with Gasteiger partial charge in [-0.15, -0.1) is 0 Å². The third kappa shape index (κ3) is 3.69. The highest BCUT2D eigenvalue weighted by Crippen LogP contribution is 2.22. The number of aromatic nitrogens is 1. The lowest BCUT2D eigenvalue weighted by Crippen LogP contribution is -2.44. The van der Waals surface area contributed by atoms with Crippen LogP contribution in [0.15, 0.2) is 48.7 Å². The fourth-order valence-electron chi connectivity index (χ4n) is 3.51. The smallest absolute Gasteiger partial charge is 0.293 e. The van der Waals surface area contributed by atoms with Gasteiger partial charge in [0.15, 0.2) is 0 Å². The number of nitrogen functional groups attached to an aromatic ring is 1. The largest absolute Gasteiger partial charge is 0.399 e. The Morgan fingerprint density at radius 1 is 1.21 bits per heavy atom. The van der Waals surface area contributed by atoms with Crippen LogP contribution in [0.5, 0.6) is 0 Å². The van der Waals surface area contributed by atoms with Crippen molar-refractivity contribution in [3.8, 4) is 0 Å². The normalized spacial score (nSPS) is 16.4. The average molecular weight is 394 g/mol. The van der Waals surface area contributed by atoms with Gasteiger partial charge in [0.1, 0.15) is 11.9 Å². The summed E-state index contributed by atoms with van der Waals surface area (Å²) in [5, 5.41) is 3.09. The summed E-state index contributed by atoms with van der Waals surface area (Å²) >= 11 is 0. The van der Waals surface area contributed by atoms with Crippen LogP contribution in [0.1, 0.15) is 22.3 Å². The van der Waals surface area contributed by atoms with Gasteiger partial charge < -0.3 is 20.9 Å². The summed E-state index contributed by atoms with van der Waals surface area (Å²) in [4.78, 5) is 42.1. The molecule has 29 heavy (non-hydrogen) atoms. The fourth-order valence-corrected chi connectivity index (χ4v) is 3.51. The molecular formula is C21H19FN4O3. The van der Waals surface area contributed by atoms with Crippen LogP contribution in [-0.4, -0.2) is 40.1 Å². The molecule has 1 aliphatic rings. The zero-order valence-corrected chi connectivity index (χ0v) is 15.4. The topological polar surface area (TPSA) is 108 Å². The second-order valence-corrected chi connectivity index (χ2v) is 7.04. The zero-order chi connectivity index (χ0) is 20.5. The molecule has 2 amide bonds. The molecule has 0 aliphatic carbocycles. The van der Waals surface area contributed by atoms with Gasteiger partial charge in [-0.1, -0.05) is 12.1 Å². The minimum atomic E-state index is -0.838. The van der Waals surface area contributed by atoms with Crippen molar-refractivity contribution in [2.45, 2.75) is 19.0 Å². The van der Waals surface area contributed by atoms with E-state index in [1.165, 1.54) is 18.3 Å². The number of aromatic amines is 1. The third-order valence-corrected chi connectivity index (χ3v) is 5.05. The molecule has 1 aliphatic heterocycles. The molecule has 0 spiro atoms. The zero-order valence-electron chi connectivity index (χ0n) is 15.4. The van der Waals surface area contributed by atoms with Crippen LogP contribution in [0.3, 0.4) is 0 Å². The maximum Gasteiger partial charge on any atom is 0.293 e. The van der Waals surface area contributed by atoms with Gasteiger partial charge >= 0.3 is 0 Å². The van der Waals surface area contributed by atoms with Gasteiger partial charge in [-0.05, 0) is 42.3 Å². The average Bonchev–Trinajstić information content (AvgIpc) is 3.27. The first kappa shape index (κ1) is 18.7. The van der Waals surface area contributed by atoms with Crippen molar-refractivity contribution >= 4 is 34.2 Å². The Morgan fingerprint density at radius 3 is 2.72 bits per heavy atom. The molecule has 0 saturated carbocycles. The molecule has 1 fully saturated rings. The van der Waals surface area contributed by atoms with Crippen LogP contribution in [0.4, 0.5) is 10.1 Å². The van der Waals surface area contributed by atoms with E-state index in [9.17, 15) is 18.8 Å². The number of nitrogens with two attached hydrogens (primary N) is 1. The van der Waals surface area contributed by atoms with E-state index in [0.29, 0.717) is 36.1 Å². The second-order valence-electron chi connectivity index (χ2n) is 7.04. The number of hydrogen-bond acceptors (Lipinski definition) is 4. The third-order valence-electron chi connectivity index (χ3n) is 5.05. The van der Waals surface area contributed by atoms with Crippen LogP contribution < -0.4 is 11.1 Å². The maximum absolute atomic E-state index is 13.0. The van der Waals surface area contributed by atoms with Gasteiger partial charge in [-0.25, -0.2) is 4.39 Å². The lowest BCUT2D eigenvalue weighted by molar-refractivity contribution is -0.132. The van der Waals surface area contributed by atoms with Gasteiger partial charge in [0.25, 0.3) is 11.7 Å². The number of likely N-dealkylation sites (tertiary alicyclic amines) is 1. The molecule has 8 heteroatoms. The number of H-pyrrole nitrogens is 1. The summed E-state index contributed by atoms with van der Waals surface area (Å²) in [6.45, 7) is 0.764. The van der Waals surface area contributed by atoms with Crippen molar-refractivity contribution in [2.24, 2.45) is 0 Å². The molecule has 1 saturated heterocycles. The number of carbonyl (C=O) groups excluding carboxylic acids is 3. The number of fused-ring (bicyclic) bond motifs is 1. The molecule has 1 atom stereocenters. The van der Waals surface area contributed by atoms with Crippen molar-refractivity contribution < 1.29 is 18.8 Å². The summed E-state index contributed by atoms with van der Waals surface area (Å²) in [6.07, 6.45) is 1.86. The Labute approximate surface area is 165 Å². The Balaban J connectivity index is 1.42. The van der Waals surface area contributed by atoms with E-state index in [0.717, 1.165) is 5.56 Å². The first-order valence-corrected chi connectivity index (χ1v) is 9.17. The SMILES string of the molecule is Nc1ccc2[nH]cc(C(=O)C(=O)NC3CCN(Cc4ccc(F)cc4)C3=O)c2c1. The quantitative estimate of drug-likeness (QED) is 0.349. The molecule has 4 N–H and O–H groups in total. The second kappa shape index (κ2) is 7.38. The number of halogens is 1. The number of anilines is 1. The number of nitrogens with one attached hydrogen (secondary N) is 2. The van der Waals surface area contributed by atoms with Gasteiger partial charge in [-0.3, -0.25) is 14.4 Å². The lowest BCUT2D eigenvalue weighted by Gasteiger charge is -2.17. The van der Waals surface area contributed by atoms with E-state index < -0.39 is 17.7 Å². The molecule has 0 bridgehead atoms. The van der Waals surface area contributed by atoms with E-state index in [2.05, 4.69) is 10.3 Å². The van der Waals surface area contributed by atoms with Gasteiger partial charge in [-0.2, -0.15) is 0 Å². The van der Waals surface area contributed by atoms with Crippen molar-refractivity contribution in [1.29, 1.82) is 0 Å². The first-order chi connectivity index (χ1) is 13.9. The molecule has 7 nitrogen and oxygen atoms in total. The highest BCUT2D eigenvalue weighted by molar-refractivity contribution is 6.45. The standard InChI is InChI=1S/C21H19FN4O3/c22-13-3-1-12(2-4-13)11-26-8-7-18(21(26)29)25-20(28)19(27)16-10-24-17-6-5-14(23)9-15(16)17/h1-6,9-10,18,24H,7-8,11,23H2,(H,25,28). The summed E-state index contributed by atoms with van der Waals surface area (Å²) < 4.78 is 13.0.